The molecule has 0 spiro atoms. The highest BCUT2D eigenvalue weighted by Gasteiger charge is 2.23. The normalized spacial score (nSPS) is 19.9. The van der Waals surface area contributed by atoms with E-state index in [0.717, 1.165) is 12.8 Å². The zero-order valence-corrected chi connectivity index (χ0v) is 12.2. The first-order chi connectivity index (χ1) is 9.29. The second-order valence-electron chi connectivity index (χ2n) is 5.18. The standard InChI is InChI=1S/C13H19N3O3S/c1-9-7-10(4-5-12(9)20(15,18)19)13(17)16-6-2-3-11(14)8-16/h4-5,7,11H,2-3,6,8,14H2,1H3,(H2,15,18,19)/t11-/m0/s1. The number of amides is 1. The van der Waals surface area contributed by atoms with Gasteiger partial charge in [0.2, 0.25) is 10.0 Å². The first kappa shape index (κ1) is 15.0. The molecule has 1 heterocycles. The molecule has 1 aliphatic heterocycles. The van der Waals surface area contributed by atoms with E-state index in [2.05, 4.69) is 0 Å². The molecule has 2 rings (SSSR count). The number of benzene rings is 1. The molecule has 0 radical (unpaired) electrons. The van der Waals surface area contributed by atoms with Gasteiger partial charge in [-0.1, -0.05) is 0 Å². The van der Waals surface area contributed by atoms with Crippen LogP contribution in [0.1, 0.15) is 28.8 Å². The van der Waals surface area contributed by atoms with E-state index in [1.54, 1.807) is 17.9 Å². The molecule has 7 heteroatoms. The molecule has 6 nitrogen and oxygen atoms in total. The van der Waals surface area contributed by atoms with Gasteiger partial charge in [-0.25, -0.2) is 13.6 Å². The Bertz CT molecular complexity index is 628. The smallest absolute Gasteiger partial charge is 0.253 e. The summed E-state index contributed by atoms with van der Waals surface area (Å²) in [6.07, 6.45) is 1.81. The van der Waals surface area contributed by atoms with E-state index in [9.17, 15) is 13.2 Å². The molecule has 1 saturated heterocycles. The number of rotatable bonds is 2. The van der Waals surface area contributed by atoms with Crippen LogP contribution in [0.4, 0.5) is 0 Å². The molecule has 0 unspecified atom stereocenters. The second-order valence-corrected chi connectivity index (χ2v) is 6.71. The SMILES string of the molecule is Cc1cc(C(=O)N2CCC[C@H](N)C2)ccc1S(N)(=O)=O. The highest BCUT2D eigenvalue weighted by atomic mass is 32.2. The van der Waals surface area contributed by atoms with E-state index in [0.29, 0.717) is 24.2 Å². The minimum absolute atomic E-state index is 0.0116. The second kappa shape index (κ2) is 5.51. The van der Waals surface area contributed by atoms with Crippen molar-refractivity contribution in [3.05, 3.63) is 29.3 Å². The molecule has 1 fully saturated rings. The summed E-state index contributed by atoms with van der Waals surface area (Å²) in [7, 11) is -3.75. The van der Waals surface area contributed by atoms with Gasteiger partial charge in [-0.05, 0) is 43.5 Å². The summed E-state index contributed by atoms with van der Waals surface area (Å²) < 4.78 is 22.7. The maximum atomic E-state index is 12.3. The van der Waals surface area contributed by atoms with Gasteiger partial charge in [0, 0.05) is 24.7 Å². The molecule has 110 valence electrons. The molecule has 1 aromatic carbocycles. The van der Waals surface area contributed by atoms with Crippen molar-refractivity contribution in [3.8, 4) is 0 Å². The molecule has 0 bridgehead atoms. The van der Waals surface area contributed by atoms with Crippen LogP contribution in [0.3, 0.4) is 0 Å². The molecular formula is C13H19N3O3S. The van der Waals surface area contributed by atoms with E-state index in [1.165, 1.54) is 12.1 Å². The van der Waals surface area contributed by atoms with Crippen LogP contribution in [-0.2, 0) is 10.0 Å². The lowest BCUT2D eigenvalue weighted by Crippen LogP contribution is -2.45. The average molecular weight is 297 g/mol. The zero-order valence-electron chi connectivity index (χ0n) is 11.4. The Balaban J connectivity index is 2.25. The summed E-state index contributed by atoms with van der Waals surface area (Å²) in [6.45, 7) is 2.84. The van der Waals surface area contributed by atoms with Crippen molar-refractivity contribution >= 4 is 15.9 Å². The van der Waals surface area contributed by atoms with Gasteiger partial charge in [-0.3, -0.25) is 4.79 Å². The third-order valence-electron chi connectivity index (χ3n) is 3.47. The highest BCUT2D eigenvalue weighted by Crippen LogP contribution is 2.18. The molecule has 0 saturated carbocycles. The molecule has 1 atom stereocenters. The minimum atomic E-state index is -3.75. The maximum Gasteiger partial charge on any atom is 0.253 e. The van der Waals surface area contributed by atoms with Gasteiger partial charge in [-0.2, -0.15) is 0 Å². The average Bonchev–Trinajstić information content (AvgIpc) is 2.36. The van der Waals surface area contributed by atoms with Crippen molar-refractivity contribution in [2.24, 2.45) is 10.9 Å². The van der Waals surface area contributed by atoms with Crippen molar-refractivity contribution < 1.29 is 13.2 Å². The largest absolute Gasteiger partial charge is 0.337 e. The number of nitrogens with two attached hydrogens (primary N) is 2. The quantitative estimate of drug-likeness (QED) is 0.813. The van der Waals surface area contributed by atoms with E-state index in [1.807, 2.05) is 0 Å². The number of carbonyl (C=O) groups is 1. The van der Waals surface area contributed by atoms with Crippen molar-refractivity contribution in [1.29, 1.82) is 0 Å². The Morgan fingerprint density at radius 3 is 2.65 bits per heavy atom. The van der Waals surface area contributed by atoms with Crippen molar-refractivity contribution in [2.75, 3.05) is 13.1 Å². The molecular weight excluding hydrogens is 278 g/mol. The molecule has 0 aromatic heterocycles. The van der Waals surface area contributed by atoms with Gasteiger partial charge in [0.25, 0.3) is 5.91 Å². The minimum Gasteiger partial charge on any atom is -0.337 e. The number of likely N-dealkylation sites (tertiary alicyclic amines) is 1. The van der Waals surface area contributed by atoms with Gasteiger partial charge < -0.3 is 10.6 Å². The Morgan fingerprint density at radius 1 is 1.40 bits per heavy atom. The third kappa shape index (κ3) is 3.17. The van der Waals surface area contributed by atoms with Gasteiger partial charge in [0.05, 0.1) is 4.90 Å². The predicted molar refractivity (Wildman–Crippen MR) is 75.7 cm³/mol. The van der Waals surface area contributed by atoms with Crippen LogP contribution in [-0.4, -0.2) is 38.4 Å². The Kier molecular flexibility index (Phi) is 4.12. The van der Waals surface area contributed by atoms with Crippen LogP contribution < -0.4 is 10.9 Å². The fraction of sp³-hybridized carbons (Fsp3) is 0.462. The topological polar surface area (TPSA) is 106 Å². The maximum absolute atomic E-state index is 12.3. The monoisotopic (exact) mass is 297 g/mol. The molecule has 0 aliphatic carbocycles. The van der Waals surface area contributed by atoms with Crippen LogP contribution in [0.2, 0.25) is 0 Å². The van der Waals surface area contributed by atoms with Crippen LogP contribution in [0, 0.1) is 6.92 Å². The van der Waals surface area contributed by atoms with Crippen molar-refractivity contribution in [3.63, 3.8) is 0 Å². The third-order valence-corrected chi connectivity index (χ3v) is 4.54. The van der Waals surface area contributed by atoms with Gasteiger partial charge in [-0.15, -0.1) is 0 Å². The first-order valence-electron chi connectivity index (χ1n) is 6.47. The molecule has 1 aromatic rings. The van der Waals surface area contributed by atoms with Crippen LogP contribution in [0.25, 0.3) is 0 Å². The molecule has 20 heavy (non-hydrogen) atoms. The number of primary sulfonamides is 1. The van der Waals surface area contributed by atoms with E-state index >= 15 is 0 Å². The van der Waals surface area contributed by atoms with Crippen LogP contribution in [0.5, 0.6) is 0 Å². The van der Waals surface area contributed by atoms with Crippen LogP contribution in [0.15, 0.2) is 23.1 Å². The van der Waals surface area contributed by atoms with Gasteiger partial charge in [0.1, 0.15) is 0 Å². The number of sulfonamides is 1. The molecule has 1 aliphatic rings. The van der Waals surface area contributed by atoms with E-state index in [4.69, 9.17) is 10.9 Å². The highest BCUT2D eigenvalue weighted by molar-refractivity contribution is 7.89. The summed E-state index contributed by atoms with van der Waals surface area (Å²) >= 11 is 0. The lowest BCUT2D eigenvalue weighted by molar-refractivity contribution is 0.0708. The summed E-state index contributed by atoms with van der Waals surface area (Å²) in [5.74, 6) is -0.121. The number of nitrogens with zero attached hydrogens (tertiary/aromatic N) is 1. The predicted octanol–water partition coefficient (Wildman–Crippen LogP) is 0.206. The number of carbonyl (C=O) groups excluding carboxylic acids is 1. The van der Waals surface area contributed by atoms with E-state index in [-0.39, 0.29) is 16.8 Å². The molecule has 4 N–H and O–H groups in total. The Labute approximate surface area is 118 Å². The number of piperidine rings is 1. The lowest BCUT2D eigenvalue weighted by Gasteiger charge is -2.31. The Hall–Kier alpha value is -1.44. The first-order valence-corrected chi connectivity index (χ1v) is 8.02. The number of hydrogen-bond donors (Lipinski definition) is 2. The van der Waals surface area contributed by atoms with E-state index < -0.39 is 10.0 Å². The summed E-state index contributed by atoms with van der Waals surface area (Å²) in [4.78, 5) is 14.1. The van der Waals surface area contributed by atoms with Crippen LogP contribution >= 0.6 is 0 Å². The van der Waals surface area contributed by atoms with Crippen molar-refractivity contribution in [2.45, 2.75) is 30.7 Å². The zero-order chi connectivity index (χ0) is 14.9. The van der Waals surface area contributed by atoms with Crippen molar-refractivity contribution in [1.82, 2.24) is 4.90 Å². The molecule has 1 amide bonds. The fourth-order valence-electron chi connectivity index (χ4n) is 2.48. The fourth-order valence-corrected chi connectivity index (χ4v) is 3.24. The number of hydrogen-bond acceptors (Lipinski definition) is 4. The summed E-state index contributed by atoms with van der Waals surface area (Å²) in [5, 5.41) is 5.11. The lowest BCUT2D eigenvalue weighted by atomic mass is 10.0. The summed E-state index contributed by atoms with van der Waals surface area (Å²) in [5.41, 5.74) is 6.80. The summed E-state index contributed by atoms with van der Waals surface area (Å²) in [6, 6.07) is 4.44. The van der Waals surface area contributed by atoms with Gasteiger partial charge >= 0.3 is 0 Å². The van der Waals surface area contributed by atoms with Gasteiger partial charge in [0.15, 0.2) is 0 Å². The Morgan fingerprint density at radius 2 is 2.10 bits per heavy atom. The number of aryl methyl sites for hydroxylation is 1.